The molecule has 0 fully saturated rings. The molecule has 1 aromatic rings. The van der Waals surface area contributed by atoms with Gasteiger partial charge in [0.25, 0.3) is 5.03 Å². The summed E-state index contributed by atoms with van der Waals surface area (Å²) < 4.78 is 26.6. The summed E-state index contributed by atoms with van der Waals surface area (Å²) in [4.78, 5) is 11.7. The molecule has 0 radical (unpaired) electrons. The van der Waals surface area contributed by atoms with Gasteiger partial charge in [-0.05, 0) is 26.8 Å². The van der Waals surface area contributed by atoms with Gasteiger partial charge in [-0.1, -0.05) is 19.6 Å². The molecule has 1 amide bonds. The third-order valence-electron chi connectivity index (χ3n) is 2.65. The molecule has 1 atom stereocenters. The first-order valence-corrected chi connectivity index (χ1v) is 12.3. The first kappa shape index (κ1) is 20.0. The maximum absolute atomic E-state index is 12.2. The Labute approximate surface area is 142 Å². The Morgan fingerprint density at radius 3 is 2.65 bits per heavy atom. The highest BCUT2D eigenvalue weighted by molar-refractivity contribution is 7.90. The van der Waals surface area contributed by atoms with Crippen molar-refractivity contribution in [2.24, 2.45) is 0 Å². The summed E-state index contributed by atoms with van der Waals surface area (Å²) in [5.74, 6) is 0. The smallest absolute Gasteiger partial charge is 0.449 e. The minimum atomic E-state index is -1.75. The summed E-state index contributed by atoms with van der Waals surface area (Å²) in [6, 6.07) is 2.62. The number of carbonyl (C=O) groups is 1. The van der Waals surface area contributed by atoms with Crippen molar-refractivity contribution in [1.29, 1.82) is 0 Å². The van der Waals surface area contributed by atoms with E-state index in [1.807, 2.05) is 0 Å². The van der Waals surface area contributed by atoms with Gasteiger partial charge in [-0.25, -0.2) is 4.79 Å². The summed E-state index contributed by atoms with van der Waals surface area (Å²) in [6.45, 7) is 12.9. The van der Waals surface area contributed by atoms with Crippen molar-refractivity contribution in [3.8, 4) is 0 Å². The number of ether oxygens (including phenoxy) is 2. The number of aromatic nitrogens is 2. The predicted octanol–water partition coefficient (Wildman–Crippen LogP) is 2.74. The van der Waals surface area contributed by atoms with Crippen LogP contribution in [0.15, 0.2) is 17.3 Å². The van der Waals surface area contributed by atoms with Gasteiger partial charge in [-0.2, -0.15) is 9.78 Å². The van der Waals surface area contributed by atoms with E-state index in [0.717, 1.165) is 6.04 Å². The molecule has 7 nitrogen and oxygen atoms in total. The van der Waals surface area contributed by atoms with Crippen LogP contribution in [0.1, 0.15) is 20.8 Å². The summed E-state index contributed by atoms with van der Waals surface area (Å²) >= 11 is -1.75. The Balaban J connectivity index is 2.51. The van der Waals surface area contributed by atoms with Gasteiger partial charge in [-0.3, -0.25) is 0 Å². The second-order valence-electron chi connectivity index (χ2n) is 7.39. The van der Waals surface area contributed by atoms with Crippen LogP contribution in [0.4, 0.5) is 4.79 Å². The van der Waals surface area contributed by atoms with Crippen molar-refractivity contribution < 1.29 is 18.8 Å². The minimum Gasteiger partial charge on any atom is -0.586 e. The monoisotopic (exact) mass is 361 g/mol. The predicted molar refractivity (Wildman–Crippen MR) is 92.1 cm³/mol. The van der Waals surface area contributed by atoms with Crippen molar-refractivity contribution in [1.82, 2.24) is 14.5 Å². The van der Waals surface area contributed by atoms with Crippen molar-refractivity contribution in [3.05, 3.63) is 12.3 Å². The fraction of sp³-hybridized carbons (Fsp3) is 0.714. The molecule has 0 bridgehead atoms. The molecule has 0 spiro atoms. The lowest BCUT2D eigenvalue weighted by Crippen LogP contribution is -2.37. The average molecular weight is 362 g/mol. The van der Waals surface area contributed by atoms with Gasteiger partial charge in [0, 0.05) is 20.7 Å². The first-order valence-electron chi connectivity index (χ1n) is 7.49. The van der Waals surface area contributed by atoms with Gasteiger partial charge in [0.2, 0.25) is 0 Å². The average Bonchev–Trinajstić information content (AvgIpc) is 2.79. The molecule has 0 aliphatic carbocycles. The van der Waals surface area contributed by atoms with Crippen LogP contribution in [-0.4, -0.2) is 40.7 Å². The summed E-state index contributed by atoms with van der Waals surface area (Å²) in [5, 5.41) is 4.44. The Morgan fingerprint density at radius 1 is 1.43 bits per heavy atom. The van der Waals surface area contributed by atoms with Crippen LogP contribution in [0.2, 0.25) is 25.7 Å². The quantitative estimate of drug-likeness (QED) is 0.458. The number of nitrogens with zero attached hydrogens (tertiary/aromatic N) is 2. The maximum atomic E-state index is 12.2. The zero-order valence-electron chi connectivity index (χ0n) is 14.7. The molecular weight excluding hydrogens is 334 g/mol. The number of hydrogen-bond acceptors (Lipinski definition) is 5. The van der Waals surface area contributed by atoms with Gasteiger partial charge in [-0.15, -0.1) is 4.72 Å². The molecule has 1 aromatic heterocycles. The number of nitrogens with one attached hydrogen (secondary N) is 1. The molecule has 0 aliphatic heterocycles. The van der Waals surface area contributed by atoms with E-state index in [9.17, 15) is 9.35 Å². The van der Waals surface area contributed by atoms with Crippen molar-refractivity contribution in [3.63, 3.8) is 0 Å². The SMILES string of the molecule is CC(C)(C)OC(=O)N[S@@+]([O-])c1ccnn1COCC[Si](C)(C)C. The van der Waals surface area contributed by atoms with E-state index < -0.39 is 31.1 Å². The zero-order chi connectivity index (χ0) is 17.7. The number of hydrogen-bond donors (Lipinski definition) is 1. The number of amides is 1. The molecule has 0 aromatic carbocycles. The molecule has 0 saturated carbocycles. The Bertz CT molecular complexity index is 511. The molecular formula is C14H27N3O4SSi. The highest BCUT2D eigenvalue weighted by atomic mass is 32.2. The first-order chi connectivity index (χ1) is 10.5. The normalized spacial score (nSPS) is 13.7. The van der Waals surface area contributed by atoms with E-state index >= 15 is 0 Å². The van der Waals surface area contributed by atoms with Gasteiger partial charge in [0.15, 0.2) is 0 Å². The van der Waals surface area contributed by atoms with E-state index in [2.05, 4.69) is 29.5 Å². The second-order valence-corrected chi connectivity index (χ2v) is 14.2. The van der Waals surface area contributed by atoms with Gasteiger partial charge in [0.05, 0.1) is 6.20 Å². The third kappa shape index (κ3) is 8.40. The van der Waals surface area contributed by atoms with Crippen molar-refractivity contribution >= 4 is 25.5 Å². The topological polar surface area (TPSA) is 88.4 Å². The fourth-order valence-corrected chi connectivity index (χ4v) is 3.06. The zero-order valence-corrected chi connectivity index (χ0v) is 16.5. The summed E-state index contributed by atoms with van der Waals surface area (Å²) in [6.07, 6.45) is 0.787. The molecule has 0 aliphatic rings. The van der Waals surface area contributed by atoms with Crippen LogP contribution in [0.3, 0.4) is 0 Å². The van der Waals surface area contributed by atoms with Crippen LogP contribution >= 0.6 is 0 Å². The largest absolute Gasteiger partial charge is 0.586 e. The fourth-order valence-electron chi connectivity index (χ4n) is 1.53. The molecule has 0 saturated heterocycles. The molecule has 0 unspecified atom stereocenters. The standard InChI is InChI=1S/C14H27N3O4SSi/c1-14(2,3)21-13(18)16-22(19)12-7-8-15-17(12)11-20-9-10-23(4,5)6/h7-8H,9-11H2,1-6H3,(H,16,18)/t22-/m0/s1. The Kier molecular flexibility index (Phi) is 7.12. The maximum Gasteiger partial charge on any atom is 0.449 e. The van der Waals surface area contributed by atoms with E-state index in [1.165, 1.54) is 10.9 Å². The molecule has 9 heteroatoms. The van der Waals surface area contributed by atoms with E-state index in [0.29, 0.717) is 11.6 Å². The Morgan fingerprint density at radius 2 is 2.09 bits per heavy atom. The lowest BCUT2D eigenvalue weighted by Gasteiger charge is -2.20. The van der Waals surface area contributed by atoms with Crippen LogP contribution in [0, 0.1) is 0 Å². The minimum absolute atomic E-state index is 0.203. The third-order valence-corrected chi connectivity index (χ3v) is 5.44. The highest BCUT2D eigenvalue weighted by Crippen LogP contribution is 2.12. The lowest BCUT2D eigenvalue weighted by atomic mass is 10.2. The summed E-state index contributed by atoms with van der Waals surface area (Å²) in [7, 11) is -1.15. The van der Waals surface area contributed by atoms with Crippen LogP contribution in [0.5, 0.6) is 0 Å². The van der Waals surface area contributed by atoms with Crippen LogP contribution in [0.25, 0.3) is 0 Å². The molecule has 1 rings (SSSR count). The van der Waals surface area contributed by atoms with E-state index in [4.69, 9.17) is 9.47 Å². The molecule has 1 N–H and O–H groups in total. The number of carbonyl (C=O) groups excluding carboxylic acids is 1. The summed E-state index contributed by atoms with van der Waals surface area (Å²) in [5.41, 5.74) is -0.644. The van der Waals surface area contributed by atoms with Gasteiger partial charge < -0.3 is 14.0 Å². The molecule has 1 heterocycles. The van der Waals surface area contributed by atoms with E-state index in [1.54, 1.807) is 26.8 Å². The Hall–Kier alpha value is -1.03. The van der Waals surface area contributed by atoms with E-state index in [-0.39, 0.29) is 6.73 Å². The number of rotatable bonds is 7. The van der Waals surface area contributed by atoms with Gasteiger partial charge in [0.1, 0.15) is 23.7 Å². The van der Waals surface area contributed by atoms with Crippen molar-refractivity contribution in [2.75, 3.05) is 6.61 Å². The van der Waals surface area contributed by atoms with Gasteiger partial charge >= 0.3 is 6.09 Å². The molecule has 132 valence electrons. The second kappa shape index (κ2) is 8.18. The molecule has 23 heavy (non-hydrogen) atoms. The van der Waals surface area contributed by atoms with Crippen LogP contribution < -0.4 is 4.72 Å². The lowest BCUT2D eigenvalue weighted by molar-refractivity contribution is 0.0566. The van der Waals surface area contributed by atoms with Crippen molar-refractivity contribution in [2.45, 2.75) is 63.8 Å². The highest BCUT2D eigenvalue weighted by Gasteiger charge is 2.25. The van der Waals surface area contributed by atoms with Crippen LogP contribution in [-0.2, 0) is 27.6 Å².